The third kappa shape index (κ3) is 4.07. The van der Waals surface area contributed by atoms with Crippen molar-refractivity contribution in [2.75, 3.05) is 13.1 Å². The van der Waals surface area contributed by atoms with Crippen LogP contribution in [0.1, 0.15) is 18.4 Å². The smallest absolute Gasteiger partial charge is 0.312 e. The molecule has 1 saturated heterocycles. The number of piperidine rings is 1. The fraction of sp³-hybridized carbons (Fsp3) is 0.333. The van der Waals surface area contributed by atoms with Gasteiger partial charge in [0.1, 0.15) is 0 Å². The Morgan fingerprint density at radius 1 is 1.12 bits per heavy atom. The van der Waals surface area contributed by atoms with Crippen molar-refractivity contribution in [1.82, 2.24) is 4.90 Å². The number of hydrogen-bond donors (Lipinski definition) is 2. The highest BCUT2D eigenvalue weighted by molar-refractivity contribution is 8.34. The van der Waals surface area contributed by atoms with E-state index in [0.29, 0.717) is 13.1 Å². The first-order chi connectivity index (χ1) is 11.6. The molecule has 0 bridgehead atoms. The number of allylic oxidation sites excluding steroid dienone is 2. The number of thiol groups is 1. The molecule has 0 saturated carbocycles. The van der Waals surface area contributed by atoms with Crippen LogP contribution in [0.2, 0.25) is 0 Å². The van der Waals surface area contributed by atoms with Gasteiger partial charge in [0.15, 0.2) is 0 Å². The van der Waals surface area contributed by atoms with Gasteiger partial charge >= 0.3 is 5.97 Å². The lowest BCUT2D eigenvalue weighted by Gasteiger charge is -2.38. The first-order valence-corrected chi connectivity index (χ1v) is 9.44. The predicted molar refractivity (Wildman–Crippen MR) is 94.7 cm³/mol. The highest BCUT2D eigenvalue weighted by atomic mass is 32.2. The molecule has 0 atom stereocenters. The molecule has 5 nitrogen and oxygen atoms in total. The molecule has 2 aliphatic heterocycles. The maximum Gasteiger partial charge on any atom is 0.312 e. The zero-order chi connectivity index (χ0) is 17.0. The average molecular weight is 347 g/mol. The van der Waals surface area contributed by atoms with Crippen LogP contribution >= 0.6 is 10.9 Å². The van der Waals surface area contributed by atoms with E-state index < -0.39 is 22.7 Å². The molecule has 24 heavy (non-hydrogen) atoms. The van der Waals surface area contributed by atoms with Crippen LogP contribution < -0.4 is 0 Å². The SMILES string of the molecule is O=C(Cc1ccccc1)OC1(O)CCN(C(=O)[SH]2C=CC=C2)CC1. The summed E-state index contributed by atoms with van der Waals surface area (Å²) in [7, 11) is -0.874. The number of amides is 1. The van der Waals surface area contributed by atoms with Gasteiger partial charge in [-0.3, -0.25) is 9.59 Å². The first-order valence-electron chi connectivity index (χ1n) is 7.96. The number of ether oxygens (including phenoxy) is 1. The van der Waals surface area contributed by atoms with Gasteiger partial charge in [-0.15, -0.1) is 10.9 Å². The Hall–Kier alpha value is -2.05. The molecule has 1 N–H and O–H groups in total. The quantitative estimate of drug-likeness (QED) is 0.501. The molecular weight excluding hydrogens is 326 g/mol. The Bertz CT molecular complexity index is 651. The molecule has 0 aliphatic carbocycles. The molecule has 2 heterocycles. The molecule has 128 valence electrons. The molecular formula is C18H21NO4S. The van der Waals surface area contributed by atoms with Crippen molar-refractivity contribution >= 4 is 22.1 Å². The van der Waals surface area contributed by atoms with E-state index in [2.05, 4.69) is 0 Å². The van der Waals surface area contributed by atoms with Crippen LogP contribution in [0.4, 0.5) is 4.79 Å². The predicted octanol–water partition coefficient (Wildman–Crippen LogP) is 2.72. The molecule has 1 fully saturated rings. The summed E-state index contributed by atoms with van der Waals surface area (Å²) < 4.78 is 5.29. The average Bonchev–Trinajstić information content (AvgIpc) is 3.10. The number of carbonyl (C=O) groups is 2. The third-order valence-electron chi connectivity index (χ3n) is 4.14. The third-order valence-corrected chi connectivity index (χ3v) is 5.85. The van der Waals surface area contributed by atoms with E-state index in [-0.39, 0.29) is 24.5 Å². The molecule has 1 amide bonds. The maximum absolute atomic E-state index is 12.3. The minimum atomic E-state index is -1.47. The van der Waals surface area contributed by atoms with Crippen molar-refractivity contribution in [2.24, 2.45) is 0 Å². The van der Waals surface area contributed by atoms with Gasteiger partial charge in [0.25, 0.3) is 5.24 Å². The van der Waals surface area contributed by atoms with E-state index in [9.17, 15) is 14.7 Å². The summed E-state index contributed by atoms with van der Waals surface area (Å²) in [6, 6.07) is 9.28. The maximum atomic E-state index is 12.3. The van der Waals surface area contributed by atoms with Gasteiger partial charge in [0.05, 0.1) is 6.42 Å². The second-order valence-electron chi connectivity index (χ2n) is 5.94. The summed E-state index contributed by atoms with van der Waals surface area (Å²) in [5.74, 6) is -1.92. The lowest BCUT2D eigenvalue weighted by Crippen LogP contribution is -2.48. The van der Waals surface area contributed by atoms with Crippen LogP contribution in [0.3, 0.4) is 0 Å². The fourth-order valence-electron chi connectivity index (χ4n) is 2.79. The highest BCUT2D eigenvalue weighted by Gasteiger charge is 2.37. The molecule has 0 spiro atoms. The van der Waals surface area contributed by atoms with Crippen LogP contribution in [0.25, 0.3) is 0 Å². The second kappa shape index (κ2) is 7.23. The number of likely N-dealkylation sites (tertiary alicyclic amines) is 1. The zero-order valence-corrected chi connectivity index (χ0v) is 14.2. The minimum absolute atomic E-state index is 0.0904. The monoisotopic (exact) mass is 347 g/mol. The van der Waals surface area contributed by atoms with Gasteiger partial charge in [-0.2, -0.15) is 0 Å². The van der Waals surface area contributed by atoms with E-state index in [1.165, 1.54) is 0 Å². The van der Waals surface area contributed by atoms with Crippen molar-refractivity contribution in [2.45, 2.75) is 25.0 Å². The molecule has 1 aromatic carbocycles. The van der Waals surface area contributed by atoms with Gasteiger partial charge in [-0.25, -0.2) is 0 Å². The van der Waals surface area contributed by atoms with Crippen molar-refractivity contribution in [3.63, 3.8) is 0 Å². The lowest BCUT2D eigenvalue weighted by molar-refractivity contribution is -0.221. The van der Waals surface area contributed by atoms with E-state index in [1.807, 2.05) is 53.3 Å². The summed E-state index contributed by atoms with van der Waals surface area (Å²) in [4.78, 5) is 26.1. The van der Waals surface area contributed by atoms with E-state index >= 15 is 0 Å². The summed E-state index contributed by atoms with van der Waals surface area (Å²) >= 11 is 0. The Kier molecular flexibility index (Phi) is 5.06. The van der Waals surface area contributed by atoms with Gasteiger partial charge in [0.2, 0.25) is 5.79 Å². The minimum Gasteiger partial charge on any atom is -0.433 e. The van der Waals surface area contributed by atoms with Crippen molar-refractivity contribution in [3.05, 3.63) is 58.9 Å². The highest BCUT2D eigenvalue weighted by Crippen LogP contribution is 2.37. The number of esters is 1. The van der Waals surface area contributed by atoms with Crippen LogP contribution in [-0.4, -0.2) is 40.1 Å². The summed E-state index contributed by atoms with van der Waals surface area (Å²) in [5, 5.41) is 14.4. The number of carbonyl (C=O) groups excluding carboxylic acids is 2. The molecule has 2 aliphatic rings. The Morgan fingerprint density at radius 2 is 1.75 bits per heavy atom. The summed E-state index contributed by atoms with van der Waals surface area (Å²) in [6.07, 6.45) is 4.39. The van der Waals surface area contributed by atoms with Crippen LogP contribution in [0, 0.1) is 0 Å². The molecule has 0 aromatic heterocycles. The van der Waals surface area contributed by atoms with E-state index in [0.717, 1.165) is 5.56 Å². The van der Waals surface area contributed by atoms with Crippen molar-refractivity contribution in [3.8, 4) is 0 Å². The van der Waals surface area contributed by atoms with E-state index in [1.54, 1.807) is 4.90 Å². The lowest BCUT2D eigenvalue weighted by atomic mass is 10.0. The van der Waals surface area contributed by atoms with Crippen molar-refractivity contribution < 1.29 is 19.4 Å². The molecule has 0 radical (unpaired) electrons. The fourth-order valence-corrected chi connectivity index (χ4v) is 4.24. The Morgan fingerprint density at radius 3 is 2.38 bits per heavy atom. The van der Waals surface area contributed by atoms with Gasteiger partial charge in [0, 0.05) is 25.9 Å². The number of nitrogens with zero attached hydrogens (tertiary/aromatic N) is 1. The Balaban J connectivity index is 1.51. The number of rotatable bonds is 3. The molecule has 1 aromatic rings. The summed E-state index contributed by atoms with van der Waals surface area (Å²) in [6.45, 7) is 0.795. The van der Waals surface area contributed by atoms with E-state index in [4.69, 9.17) is 4.74 Å². The summed E-state index contributed by atoms with van der Waals surface area (Å²) in [5.41, 5.74) is 0.848. The number of aliphatic hydroxyl groups is 1. The number of benzene rings is 1. The Labute approximate surface area is 144 Å². The topological polar surface area (TPSA) is 66.8 Å². The molecule has 6 heteroatoms. The van der Waals surface area contributed by atoms with Crippen LogP contribution in [-0.2, 0) is 16.0 Å². The van der Waals surface area contributed by atoms with Crippen molar-refractivity contribution in [1.29, 1.82) is 0 Å². The zero-order valence-electron chi connectivity index (χ0n) is 13.3. The van der Waals surface area contributed by atoms with Gasteiger partial charge < -0.3 is 14.7 Å². The van der Waals surface area contributed by atoms with Crippen LogP contribution in [0.5, 0.6) is 0 Å². The normalized spacial score (nSPS) is 20.2. The second-order valence-corrected chi connectivity index (χ2v) is 7.74. The molecule has 3 rings (SSSR count). The standard InChI is InChI=1S/C18H21NO4S/c20-16(14-15-6-2-1-3-7-15)23-18(22)8-10-19(11-9-18)17(21)24-12-4-5-13-24/h1-7,12-13,22,24H,8-11,14H2. The van der Waals surface area contributed by atoms with Gasteiger partial charge in [-0.1, -0.05) is 42.5 Å². The van der Waals surface area contributed by atoms with Crippen LogP contribution in [0.15, 0.2) is 53.3 Å². The first kappa shape index (κ1) is 16.8. The number of hydrogen-bond acceptors (Lipinski definition) is 4. The molecule has 0 unspecified atom stereocenters. The largest absolute Gasteiger partial charge is 0.433 e. The van der Waals surface area contributed by atoms with Gasteiger partial charge in [-0.05, 0) is 16.4 Å².